The van der Waals surface area contributed by atoms with E-state index < -0.39 is 0 Å². The van der Waals surface area contributed by atoms with Crippen molar-refractivity contribution in [2.24, 2.45) is 0 Å². The van der Waals surface area contributed by atoms with Gasteiger partial charge < -0.3 is 0 Å². The maximum Gasteiger partial charge on any atom is 0.278 e. The molecular formula is C20H21Cl2N3O. The number of rotatable bonds is 4. The second kappa shape index (κ2) is 6.43. The molecule has 1 fully saturated rings. The zero-order valence-corrected chi connectivity index (χ0v) is 16.6. The van der Waals surface area contributed by atoms with Gasteiger partial charge in [0.05, 0.1) is 5.02 Å². The Balaban J connectivity index is 2.07. The van der Waals surface area contributed by atoms with E-state index in [1.807, 2.05) is 17.6 Å². The second-order valence-corrected chi connectivity index (χ2v) is 8.01. The predicted octanol–water partition coefficient (Wildman–Crippen LogP) is 5.63. The van der Waals surface area contributed by atoms with E-state index in [0.29, 0.717) is 27.3 Å². The van der Waals surface area contributed by atoms with Crippen molar-refractivity contribution in [2.75, 3.05) is 0 Å². The topological polar surface area (TPSA) is 39.3 Å². The summed E-state index contributed by atoms with van der Waals surface area (Å²) in [6.07, 6.45) is 2.97. The Bertz CT molecular complexity index is 1060. The molecule has 4 nitrogen and oxygen atoms in total. The van der Waals surface area contributed by atoms with Gasteiger partial charge in [-0.1, -0.05) is 37.0 Å². The number of benzene rings is 1. The highest BCUT2D eigenvalue weighted by atomic mass is 35.5. The minimum atomic E-state index is 0.0203. The Morgan fingerprint density at radius 1 is 1.27 bits per heavy atom. The summed E-state index contributed by atoms with van der Waals surface area (Å²) >= 11 is 12.5. The van der Waals surface area contributed by atoms with Crippen LogP contribution in [0.2, 0.25) is 10.0 Å². The quantitative estimate of drug-likeness (QED) is 0.580. The number of aromatic nitrogens is 3. The molecule has 4 rings (SSSR count). The molecule has 0 N–H and O–H groups in total. The number of hydrogen-bond donors (Lipinski definition) is 0. The maximum absolute atomic E-state index is 13.5. The van der Waals surface area contributed by atoms with Gasteiger partial charge >= 0.3 is 0 Å². The van der Waals surface area contributed by atoms with Gasteiger partial charge in [0.2, 0.25) is 0 Å². The minimum absolute atomic E-state index is 0.0203. The van der Waals surface area contributed by atoms with Gasteiger partial charge in [-0.05, 0) is 61.9 Å². The number of hydrogen-bond acceptors (Lipinski definition) is 2. The fraction of sp³-hybridized carbons (Fsp3) is 0.400. The predicted molar refractivity (Wildman–Crippen MR) is 107 cm³/mol. The summed E-state index contributed by atoms with van der Waals surface area (Å²) in [6.45, 7) is 6.28. The summed E-state index contributed by atoms with van der Waals surface area (Å²) in [5.74, 6) is 0.923. The molecule has 2 aromatic heterocycles. The molecule has 6 heteroatoms. The molecule has 1 aliphatic rings. The van der Waals surface area contributed by atoms with Crippen LogP contribution in [0.1, 0.15) is 56.3 Å². The van der Waals surface area contributed by atoms with Crippen LogP contribution in [-0.4, -0.2) is 14.2 Å². The van der Waals surface area contributed by atoms with Gasteiger partial charge in [-0.2, -0.15) is 0 Å². The maximum atomic E-state index is 13.5. The van der Waals surface area contributed by atoms with Crippen LogP contribution in [0.4, 0.5) is 0 Å². The van der Waals surface area contributed by atoms with E-state index in [9.17, 15) is 4.79 Å². The highest BCUT2D eigenvalue weighted by Gasteiger charge is 2.31. The first-order valence-corrected chi connectivity index (χ1v) is 9.78. The lowest BCUT2D eigenvalue weighted by molar-refractivity contribution is 0.668. The van der Waals surface area contributed by atoms with Crippen LogP contribution in [-0.2, 0) is 0 Å². The lowest BCUT2D eigenvalue weighted by Gasteiger charge is -2.15. The third kappa shape index (κ3) is 2.76. The Morgan fingerprint density at radius 2 is 2.00 bits per heavy atom. The third-order valence-corrected chi connectivity index (χ3v) is 5.80. The van der Waals surface area contributed by atoms with E-state index in [1.54, 1.807) is 16.6 Å². The number of nitrogens with zero attached hydrogens (tertiary/aromatic N) is 3. The standard InChI is InChI=1S/C20H21Cl2N3O/c1-4-11(2)16-9-12(3)25-18(16)20(26)24(14-6-7-14)19(23-25)15-8-5-13(21)10-17(15)22/h5,8-11,14H,4,6-7H2,1-3H3. The molecule has 3 aromatic rings. The van der Waals surface area contributed by atoms with Crippen molar-refractivity contribution < 1.29 is 0 Å². The lowest BCUT2D eigenvalue weighted by atomic mass is 10.00. The van der Waals surface area contributed by atoms with Crippen LogP contribution >= 0.6 is 23.2 Å². The normalized spacial score (nSPS) is 15.6. The van der Waals surface area contributed by atoms with E-state index in [1.165, 1.54) is 0 Å². The van der Waals surface area contributed by atoms with Crippen molar-refractivity contribution in [3.63, 3.8) is 0 Å². The van der Waals surface area contributed by atoms with Crippen LogP contribution < -0.4 is 5.56 Å². The summed E-state index contributed by atoms with van der Waals surface area (Å²) in [5.41, 5.74) is 3.48. The molecule has 26 heavy (non-hydrogen) atoms. The number of aryl methyl sites for hydroxylation is 1. The Kier molecular flexibility index (Phi) is 4.36. The molecule has 0 radical (unpaired) electrons. The zero-order chi connectivity index (χ0) is 18.6. The van der Waals surface area contributed by atoms with Gasteiger partial charge in [-0.3, -0.25) is 9.36 Å². The van der Waals surface area contributed by atoms with Gasteiger partial charge in [0.15, 0.2) is 5.82 Å². The summed E-state index contributed by atoms with van der Waals surface area (Å²) in [6, 6.07) is 7.60. The largest absolute Gasteiger partial charge is 0.286 e. The van der Waals surface area contributed by atoms with Crippen LogP contribution in [0, 0.1) is 6.92 Å². The third-order valence-electron chi connectivity index (χ3n) is 5.26. The number of fused-ring (bicyclic) bond motifs is 1. The first kappa shape index (κ1) is 17.6. The van der Waals surface area contributed by atoms with Crippen LogP contribution in [0.25, 0.3) is 16.9 Å². The van der Waals surface area contributed by atoms with Crippen molar-refractivity contribution in [3.05, 3.63) is 55.9 Å². The average molecular weight is 390 g/mol. The van der Waals surface area contributed by atoms with Gasteiger partial charge in [0.25, 0.3) is 5.56 Å². The molecule has 0 spiro atoms. The van der Waals surface area contributed by atoms with E-state index in [0.717, 1.165) is 36.1 Å². The highest BCUT2D eigenvalue weighted by molar-refractivity contribution is 6.36. The van der Waals surface area contributed by atoms with Crippen molar-refractivity contribution in [1.82, 2.24) is 14.2 Å². The van der Waals surface area contributed by atoms with E-state index in [4.69, 9.17) is 28.3 Å². The van der Waals surface area contributed by atoms with Crippen molar-refractivity contribution >= 4 is 28.7 Å². The molecule has 0 saturated heterocycles. The van der Waals surface area contributed by atoms with Crippen molar-refractivity contribution in [1.29, 1.82) is 0 Å². The van der Waals surface area contributed by atoms with Gasteiger partial charge in [0.1, 0.15) is 5.52 Å². The molecule has 0 amide bonds. The SMILES string of the molecule is CCC(C)c1cc(C)n2nc(-c3ccc(Cl)cc3Cl)n(C3CC3)c(=O)c12. The fourth-order valence-corrected chi connectivity index (χ4v) is 3.96. The summed E-state index contributed by atoms with van der Waals surface area (Å²) < 4.78 is 3.61. The Morgan fingerprint density at radius 3 is 2.62 bits per heavy atom. The van der Waals surface area contributed by atoms with E-state index in [-0.39, 0.29) is 11.6 Å². The molecule has 1 atom stereocenters. The number of halogens is 2. The van der Waals surface area contributed by atoms with Crippen LogP contribution in [0.15, 0.2) is 29.1 Å². The summed E-state index contributed by atoms with van der Waals surface area (Å²) in [7, 11) is 0. The molecule has 136 valence electrons. The van der Waals surface area contributed by atoms with Crippen LogP contribution in [0.5, 0.6) is 0 Å². The van der Waals surface area contributed by atoms with E-state index in [2.05, 4.69) is 19.9 Å². The van der Waals surface area contributed by atoms with E-state index >= 15 is 0 Å². The minimum Gasteiger partial charge on any atom is -0.286 e. The molecular weight excluding hydrogens is 369 g/mol. The Hall–Kier alpha value is -1.78. The average Bonchev–Trinajstić information content (AvgIpc) is 3.38. The lowest BCUT2D eigenvalue weighted by Crippen LogP contribution is -2.26. The second-order valence-electron chi connectivity index (χ2n) is 7.16. The van der Waals surface area contributed by atoms with Gasteiger partial charge in [0, 0.05) is 22.3 Å². The summed E-state index contributed by atoms with van der Waals surface area (Å²) in [4.78, 5) is 13.5. The fourth-order valence-electron chi connectivity index (χ4n) is 3.47. The molecule has 2 heterocycles. The van der Waals surface area contributed by atoms with Gasteiger partial charge in [-0.25, -0.2) is 4.52 Å². The zero-order valence-electron chi connectivity index (χ0n) is 15.1. The molecule has 1 saturated carbocycles. The van der Waals surface area contributed by atoms with Crippen LogP contribution in [0.3, 0.4) is 0 Å². The van der Waals surface area contributed by atoms with Gasteiger partial charge in [-0.15, -0.1) is 5.10 Å². The molecule has 1 aromatic carbocycles. The Labute approximate surface area is 162 Å². The smallest absolute Gasteiger partial charge is 0.278 e. The highest BCUT2D eigenvalue weighted by Crippen LogP contribution is 2.39. The molecule has 1 aliphatic carbocycles. The molecule has 1 unspecified atom stereocenters. The van der Waals surface area contributed by atoms with Crippen molar-refractivity contribution in [3.8, 4) is 11.4 Å². The summed E-state index contributed by atoms with van der Waals surface area (Å²) in [5, 5.41) is 5.92. The van der Waals surface area contributed by atoms with Crippen molar-refractivity contribution in [2.45, 2.75) is 52.0 Å². The first-order chi connectivity index (χ1) is 12.4. The molecule has 0 bridgehead atoms. The molecule has 0 aliphatic heterocycles. The monoisotopic (exact) mass is 389 g/mol. The first-order valence-electron chi connectivity index (χ1n) is 9.02.